The molecule has 2 aliphatic carbocycles. The van der Waals surface area contributed by atoms with Crippen molar-refractivity contribution in [2.75, 3.05) is 31.1 Å². The normalized spacial score (nSPS) is 25.6. The standard InChI is InChI=1S/C25H30N6O/c32-25(31-22(12-15-27-31)20-8-4-2-1-3-5-9-20)30-18-16-29(17-19-30)23-13-14-26-24(28-23)21-10-6-7-11-21/h1-5,8-9,13-15,21-22H,6-7,10-12,16-19H2/b2-1-,3-1?,4-2?,5-3-,8-4?,9-5?,20-8?,20-9?. The molecule has 1 aromatic rings. The van der Waals surface area contributed by atoms with Crippen LogP contribution in [-0.4, -0.2) is 64.3 Å². The molecule has 166 valence electrons. The fraction of sp³-hybridized carbons (Fsp3) is 0.440. The Hall–Kier alpha value is -3.22. The SMILES string of the molecule is O=C(N1CCN(c2ccnc(C3CCCC3)n2)CC1)N1N=CCC1C1=C/C=C\C=C/C=C1. The molecule has 0 bridgehead atoms. The number of nitrogens with zero attached hydrogens (tertiary/aromatic N) is 6. The Balaban J connectivity index is 1.22. The summed E-state index contributed by atoms with van der Waals surface area (Å²) in [5.74, 6) is 2.47. The predicted molar refractivity (Wildman–Crippen MR) is 127 cm³/mol. The molecule has 2 amide bonds. The lowest BCUT2D eigenvalue weighted by molar-refractivity contribution is 0.145. The molecule has 2 aliphatic heterocycles. The summed E-state index contributed by atoms with van der Waals surface area (Å²) < 4.78 is 0. The molecule has 1 atom stereocenters. The molecule has 0 aromatic carbocycles. The molecule has 0 radical (unpaired) electrons. The van der Waals surface area contributed by atoms with Crippen LogP contribution >= 0.6 is 0 Å². The topological polar surface area (TPSA) is 64.9 Å². The first-order valence-corrected chi connectivity index (χ1v) is 11.7. The number of carbonyl (C=O) groups is 1. The van der Waals surface area contributed by atoms with Crippen LogP contribution in [0.3, 0.4) is 0 Å². The van der Waals surface area contributed by atoms with Crippen molar-refractivity contribution in [2.45, 2.75) is 44.1 Å². The van der Waals surface area contributed by atoms with E-state index >= 15 is 0 Å². The number of anilines is 1. The van der Waals surface area contributed by atoms with Gasteiger partial charge in [0.05, 0.1) is 6.04 Å². The maximum Gasteiger partial charge on any atom is 0.341 e. The molecule has 4 aliphatic rings. The number of amides is 2. The molecular formula is C25H30N6O. The molecule has 0 spiro atoms. The second-order valence-electron chi connectivity index (χ2n) is 8.70. The molecule has 32 heavy (non-hydrogen) atoms. The lowest BCUT2D eigenvalue weighted by Crippen LogP contribution is -2.53. The number of hydrogen-bond acceptors (Lipinski definition) is 5. The zero-order valence-electron chi connectivity index (χ0n) is 18.4. The zero-order chi connectivity index (χ0) is 21.8. The molecule has 1 aromatic heterocycles. The highest BCUT2D eigenvalue weighted by Gasteiger charge is 2.33. The van der Waals surface area contributed by atoms with Gasteiger partial charge >= 0.3 is 6.03 Å². The van der Waals surface area contributed by atoms with Crippen molar-refractivity contribution < 1.29 is 4.79 Å². The quantitative estimate of drug-likeness (QED) is 0.726. The number of rotatable bonds is 3. The van der Waals surface area contributed by atoms with Gasteiger partial charge in [-0.05, 0) is 24.5 Å². The highest BCUT2D eigenvalue weighted by atomic mass is 16.2. The van der Waals surface area contributed by atoms with E-state index in [-0.39, 0.29) is 12.1 Å². The van der Waals surface area contributed by atoms with Crippen molar-refractivity contribution in [2.24, 2.45) is 5.10 Å². The van der Waals surface area contributed by atoms with Crippen LogP contribution in [-0.2, 0) is 0 Å². The van der Waals surface area contributed by atoms with Crippen LogP contribution in [0.15, 0.2) is 65.5 Å². The van der Waals surface area contributed by atoms with E-state index in [1.54, 1.807) is 5.01 Å². The van der Waals surface area contributed by atoms with Crippen molar-refractivity contribution in [1.29, 1.82) is 0 Å². The van der Waals surface area contributed by atoms with Crippen LogP contribution in [0, 0.1) is 0 Å². The Morgan fingerprint density at radius 3 is 2.59 bits per heavy atom. The first kappa shape index (κ1) is 20.7. The smallest absolute Gasteiger partial charge is 0.341 e. The Labute approximate surface area is 189 Å². The molecular weight excluding hydrogens is 400 g/mol. The molecule has 2 fully saturated rings. The van der Waals surface area contributed by atoms with Crippen molar-refractivity contribution >= 4 is 18.1 Å². The number of carbonyl (C=O) groups excluding carboxylic acids is 1. The second kappa shape index (κ2) is 9.51. The van der Waals surface area contributed by atoms with Crippen molar-refractivity contribution in [3.05, 3.63) is 66.2 Å². The van der Waals surface area contributed by atoms with Gasteiger partial charge in [0.1, 0.15) is 11.6 Å². The molecule has 1 saturated heterocycles. The number of piperazine rings is 1. The van der Waals surface area contributed by atoms with Gasteiger partial charge in [0.2, 0.25) is 0 Å². The molecule has 1 unspecified atom stereocenters. The van der Waals surface area contributed by atoms with Gasteiger partial charge in [-0.15, -0.1) is 0 Å². The number of allylic oxidation sites excluding steroid dienone is 6. The van der Waals surface area contributed by atoms with Gasteiger partial charge in [0.15, 0.2) is 0 Å². The second-order valence-corrected chi connectivity index (χ2v) is 8.70. The lowest BCUT2D eigenvalue weighted by atomic mass is 10.0. The van der Waals surface area contributed by atoms with Crippen molar-refractivity contribution in [3.63, 3.8) is 0 Å². The Morgan fingerprint density at radius 2 is 1.75 bits per heavy atom. The van der Waals surface area contributed by atoms with Crippen LogP contribution in [0.1, 0.15) is 43.8 Å². The maximum absolute atomic E-state index is 13.3. The van der Waals surface area contributed by atoms with E-state index in [1.165, 1.54) is 25.7 Å². The fourth-order valence-corrected chi connectivity index (χ4v) is 4.87. The van der Waals surface area contributed by atoms with Crippen LogP contribution < -0.4 is 4.90 Å². The molecule has 7 heteroatoms. The number of aromatic nitrogens is 2. The third-order valence-electron chi connectivity index (χ3n) is 6.69. The minimum absolute atomic E-state index is 0.0198. The predicted octanol–water partition coefficient (Wildman–Crippen LogP) is 4.04. The van der Waals surface area contributed by atoms with Crippen LogP contribution in [0.4, 0.5) is 10.6 Å². The van der Waals surface area contributed by atoms with E-state index in [9.17, 15) is 4.79 Å². The van der Waals surface area contributed by atoms with Crippen LogP contribution in [0.25, 0.3) is 0 Å². The average molecular weight is 431 g/mol. The fourth-order valence-electron chi connectivity index (χ4n) is 4.87. The summed E-state index contributed by atoms with van der Waals surface area (Å²) in [5.41, 5.74) is 1.09. The van der Waals surface area contributed by atoms with E-state index in [0.717, 1.165) is 36.7 Å². The molecule has 1 saturated carbocycles. The molecule has 5 rings (SSSR count). The summed E-state index contributed by atoms with van der Waals surface area (Å²) in [6.45, 7) is 2.87. The van der Waals surface area contributed by atoms with E-state index in [4.69, 9.17) is 4.98 Å². The third-order valence-corrected chi connectivity index (χ3v) is 6.69. The van der Waals surface area contributed by atoms with Gasteiger partial charge in [-0.1, -0.05) is 55.4 Å². The van der Waals surface area contributed by atoms with Crippen LogP contribution in [0.5, 0.6) is 0 Å². The van der Waals surface area contributed by atoms with E-state index in [1.807, 2.05) is 53.8 Å². The Kier molecular flexibility index (Phi) is 6.14. The summed E-state index contributed by atoms with van der Waals surface area (Å²) >= 11 is 0. The van der Waals surface area contributed by atoms with Gasteiger partial charge < -0.3 is 9.80 Å². The zero-order valence-corrected chi connectivity index (χ0v) is 18.4. The summed E-state index contributed by atoms with van der Waals surface area (Å²) in [7, 11) is 0. The van der Waals surface area contributed by atoms with Gasteiger partial charge in [0.25, 0.3) is 0 Å². The third kappa shape index (κ3) is 4.38. The average Bonchev–Trinajstić information content (AvgIpc) is 3.51. The summed E-state index contributed by atoms with van der Waals surface area (Å²) in [6.07, 6.45) is 23.5. The van der Waals surface area contributed by atoms with Crippen molar-refractivity contribution in [1.82, 2.24) is 19.9 Å². The lowest BCUT2D eigenvalue weighted by Gasteiger charge is -2.37. The largest absolute Gasteiger partial charge is 0.353 e. The summed E-state index contributed by atoms with van der Waals surface area (Å²) in [4.78, 5) is 26.9. The van der Waals surface area contributed by atoms with Gasteiger partial charge in [-0.25, -0.2) is 19.8 Å². The Bertz CT molecular complexity index is 980. The highest BCUT2D eigenvalue weighted by Crippen LogP contribution is 2.32. The van der Waals surface area contributed by atoms with Crippen LogP contribution in [0.2, 0.25) is 0 Å². The Morgan fingerprint density at radius 1 is 0.969 bits per heavy atom. The number of hydrogen-bond donors (Lipinski definition) is 0. The maximum atomic E-state index is 13.3. The number of hydrazone groups is 1. The minimum atomic E-state index is -0.0521. The van der Waals surface area contributed by atoms with Gasteiger partial charge in [0, 0.05) is 50.9 Å². The highest BCUT2D eigenvalue weighted by molar-refractivity contribution is 5.79. The summed E-state index contributed by atoms with van der Waals surface area (Å²) in [6, 6.07) is 1.92. The molecule has 3 heterocycles. The van der Waals surface area contributed by atoms with E-state index < -0.39 is 0 Å². The van der Waals surface area contributed by atoms with Crippen molar-refractivity contribution in [3.8, 4) is 0 Å². The molecule has 0 N–H and O–H groups in total. The van der Waals surface area contributed by atoms with E-state index in [0.29, 0.717) is 19.0 Å². The molecule has 7 nitrogen and oxygen atoms in total. The summed E-state index contributed by atoms with van der Waals surface area (Å²) in [5, 5.41) is 6.07. The number of urea groups is 1. The first-order valence-electron chi connectivity index (χ1n) is 11.7. The van der Waals surface area contributed by atoms with Gasteiger partial charge in [-0.2, -0.15) is 5.10 Å². The monoisotopic (exact) mass is 430 g/mol. The minimum Gasteiger partial charge on any atom is -0.353 e. The first-order chi connectivity index (χ1) is 15.8. The van der Waals surface area contributed by atoms with E-state index in [2.05, 4.69) is 27.1 Å². The van der Waals surface area contributed by atoms with Gasteiger partial charge in [-0.3, -0.25) is 0 Å².